The van der Waals surface area contributed by atoms with Crippen LogP contribution in [0.5, 0.6) is 5.75 Å². The van der Waals surface area contributed by atoms with E-state index in [0.717, 1.165) is 17.0 Å². The average Bonchev–Trinajstić information content (AvgIpc) is 2.89. The van der Waals surface area contributed by atoms with Gasteiger partial charge in [0.1, 0.15) is 5.65 Å². The molecular formula is C18H21N5O2. The second kappa shape index (κ2) is 7.21. The van der Waals surface area contributed by atoms with E-state index in [1.807, 2.05) is 49.6 Å². The first kappa shape index (κ1) is 16.8. The highest BCUT2D eigenvalue weighted by Crippen LogP contribution is 2.23. The Hall–Kier alpha value is -3.09. The average molecular weight is 339 g/mol. The SMILES string of the molecule is Cc1nc2ccccn2c1CNC(=O)Nc1ccncc1OC(C)C. The number of aromatic nitrogens is 3. The zero-order chi connectivity index (χ0) is 17.8. The number of aryl methyl sites for hydroxylation is 1. The smallest absolute Gasteiger partial charge is 0.319 e. The van der Waals surface area contributed by atoms with E-state index in [-0.39, 0.29) is 12.1 Å². The van der Waals surface area contributed by atoms with Gasteiger partial charge in [0.25, 0.3) is 0 Å². The minimum absolute atomic E-state index is 0.00591. The minimum atomic E-state index is -0.315. The van der Waals surface area contributed by atoms with Crippen molar-refractivity contribution in [3.8, 4) is 5.75 Å². The summed E-state index contributed by atoms with van der Waals surface area (Å²) in [5.74, 6) is 0.540. The van der Waals surface area contributed by atoms with Crippen molar-refractivity contribution in [2.24, 2.45) is 0 Å². The first-order chi connectivity index (χ1) is 12.0. The molecule has 0 saturated heterocycles. The third-order valence-electron chi connectivity index (χ3n) is 3.64. The van der Waals surface area contributed by atoms with Crippen molar-refractivity contribution in [3.63, 3.8) is 0 Å². The van der Waals surface area contributed by atoms with Gasteiger partial charge >= 0.3 is 6.03 Å². The Kier molecular flexibility index (Phi) is 4.83. The fourth-order valence-electron chi connectivity index (χ4n) is 2.54. The van der Waals surface area contributed by atoms with Crippen molar-refractivity contribution < 1.29 is 9.53 Å². The molecule has 0 unspecified atom stereocenters. The standard InChI is InChI=1S/C18H21N5O2/c1-12(2)25-16-11-19-8-7-14(16)22-18(24)20-10-15-13(3)21-17-6-4-5-9-23(15)17/h4-9,11-12H,10H2,1-3H3,(H2,19,20,22,24). The Labute approximate surface area is 146 Å². The van der Waals surface area contributed by atoms with Crippen molar-refractivity contribution in [2.75, 3.05) is 5.32 Å². The minimum Gasteiger partial charge on any atom is -0.487 e. The molecule has 0 bridgehead atoms. The monoisotopic (exact) mass is 339 g/mol. The molecule has 7 heteroatoms. The number of urea groups is 1. The largest absolute Gasteiger partial charge is 0.487 e. The Morgan fingerprint density at radius 1 is 1.32 bits per heavy atom. The van der Waals surface area contributed by atoms with Crippen molar-refractivity contribution in [1.82, 2.24) is 19.7 Å². The zero-order valence-corrected chi connectivity index (χ0v) is 14.5. The maximum atomic E-state index is 12.3. The fraction of sp³-hybridized carbons (Fsp3) is 0.278. The lowest BCUT2D eigenvalue weighted by molar-refractivity contribution is 0.241. The number of nitrogens with one attached hydrogen (secondary N) is 2. The zero-order valence-electron chi connectivity index (χ0n) is 14.5. The van der Waals surface area contributed by atoms with Gasteiger partial charge in [0, 0.05) is 12.4 Å². The molecule has 0 aliphatic heterocycles. The number of amides is 2. The van der Waals surface area contributed by atoms with Crippen LogP contribution >= 0.6 is 0 Å². The Morgan fingerprint density at radius 3 is 2.96 bits per heavy atom. The van der Waals surface area contributed by atoms with Crippen LogP contribution in [-0.4, -0.2) is 26.5 Å². The van der Waals surface area contributed by atoms with Crippen molar-refractivity contribution in [3.05, 3.63) is 54.2 Å². The number of ether oxygens (including phenoxy) is 1. The molecule has 0 saturated carbocycles. The number of rotatable bonds is 5. The molecule has 0 aliphatic rings. The van der Waals surface area contributed by atoms with Crippen LogP contribution in [-0.2, 0) is 6.54 Å². The number of carbonyl (C=O) groups is 1. The van der Waals surface area contributed by atoms with E-state index < -0.39 is 0 Å². The Morgan fingerprint density at radius 2 is 2.16 bits per heavy atom. The van der Waals surface area contributed by atoms with Crippen LogP contribution in [0.4, 0.5) is 10.5 Å². The van der Waals surface area contributed by atoms with Crippen LogP contribution in [0.3, 0.4) is 0 Å². The summed E-state index contributed by atoms with van der Waals surface area (Å²) < 4.78 is 7.62. The Balaban J connectivity index is 1.68. The summed E-state index contributed by atoms with van der Waals surface area (Å²) in [6, 6.07) is 7.19. The van der Waals surface area contributed by atoms with Crippen molar-refractivity contribution in [1.29, 1.82) is 0 Å². The highest BCUT2D eigenvalue weighted by atomic mass is 16.5. The summed E-state index contributed by atoms with van der Waals surface area (Å²) in [5, 5.41) is 5.66. The molecule has 0 aromatic carbocycles. The normalized spacial score (nSPS) is 10.9. The van der Waals surface area contributed by atoms with Gasteiger partial charge < -0.3 is 19.8 Å². The molecule has 0 fully saturated rings. The van der Waals surface area contributed by atoms with Crippen molar-refractivity contribution >= 4 is 17.4 Å². The molecule has 0 spiro atoms. The third-order valence-corrected chi connectivity index (χ3v) is 3.64. The molecule has 3 heterocycles. The first-order valence-corrected chi connectivity index (χ1v) is 8.12. The highest BCUT2D eigenvalue weighted by Gasteiger charge is 2.12. The molecule has 25 heavy (non-hydrogen) atoms. The Bertz CT molecular complexity index is 888. The number of anilines is 1. The number of hydrogen-bond acceptors (Lipinski definition) is 4. The van der Waals surface area contributed by atoms with Crippen molar-refractivity contribution in [2.45, 2.75) is 33.4 Å². The molecule has 2 amide bonds. The van der Waals surface area contributed by atoms with Crippen LogP contribution in [0.2, 0.25) is 0 Å². The molecule has 3 rings (SSSR count). The molecule has 3 aromatic heterocycles. The lowest BCUT2D eigenvalue weighted by Gasteiger charge is -2.14. The van der Waals surface area contributed by atoms with E-state index in [9.17, 15) is 4.79 Å². The lowest BCUT2D eigenvalue weighted by Crippen LogP contribution is -2.29. The number of nitrogens with zero attached hydrogens (tertiary/aromatic N) is 3. The van der Waals surface area contributed by atoms with Crippen LogP contribution in [0.15, 0.2) is 42.9 Å². The maximum absolute atomic E-state index is 12.3. The molecule has 130 valence electrons. The number of pyridine rings is 2. The number of hydrogen-bond donors (Lipinski definition) is 2. The summed E-state index contributed by atoms with van der Waals surface area (Å²) in [4.78, 5) is 20.8. The number of fused-ring (bicyclic) bond motifs is 1. The van der Waals surface area contributed by atoms with Gasteiger partial charge in [-0.15, -0.1) is 0 Å². The van der Waals surface area contributed by atoms with E-state index in [2.05, 4.69) is 20.6 Å². The molecule has 3 aromatic rings. The molecule has 2 N–H and O–H groups in total. The van der Waals surface area contributed by atoms with Gasteiger partial charge in [0.2, 0.25) is 0 Å². The van der Waals surface area contributed by atoms with Gasteiger partial charge in [-0.2, -0.15) is 0 Å². The predicted octanol–water partition coefficient (Wildman–Crippen LogP) is 3.15. The summed E-state index contributed by atoms with van der Waals surface area (Å²) >= 11 is 0. The fourth-order valence-corrected chi connectivity index (χ4v) is 2.54. The second-order valence-corrected chi connectivity index (χ2v) is 5.92. The van der Waals surface area contributed by atoms with Gasteiger partial charge in [-0.25, -0.2) is 9.78 Å². The topological polar surface area (TPSA) is 80.5 Å². The van der Waals surface area contributed by atoms with Gasteiger partial charge in [-0.05, 0) is 39.0 Å². The summed E-state index contributed by atoms with van der Waals surface area (Å²) in [6.07, 6.45) is 5.12. The van der Waals surface area contributed by atoms with Gasteiger partial charge in [-0.3, -0.25) is 4.98 Å². The van der Waals surface area contributed by atoms with E-state index >= 15 is 0 Å². The second-order valence-electron chi connectivity index (χ2n) is 5.92. The molecular weight excluding hydrogens is 318 g/mol. The first-order valence-electron chi connectivity index (χ1n) is 8.12. The summed E-state index contributed by atoms with van der Waals surface area (Å²) in [7, 11) is 0. The van der Waals surface area contributed by atoms with Crippen LogP contribution in [0.25, 0.3) is 5.65 Å². The van der Waals surface area contributed by atoms with E-state index in [4.69, 9.17) is 4.74 Å². The van der Waals surface area contributed by atoms with Gasteiger partial charge in [0.15, 0.2) is 5.75 Å². The van der Waals surface area contributed by atoms with Crippen LogP contribution < -0.4 is 15.4 Å². The quantitative estimate of drug-likeness (QED) is 0.748. The summed E-state index contributed by atoms with van der Waals surface area (Å²) in [5.41, 5.74) is 3.27. The van der Waals surface area contributed by atoms with E-state index in [0.29, 0.717) is 18.0 Å². The molecule has 0 aliphatic carbocycles. The number of carbonyl (C=O) groups excluding carboxylic acids is 1. The van der Waals surface area contributed by atoms with E-state index in [1.165, 1.54) is 0 Å². The maximum Gasteiger partial charge on any atom is 0.319 e. The summed E-state index contributed by atoms with van der Waals surface area (Å²) in [6.45, 7) is 6.14. The number of imidazole rings is 1. The van der Waals surface area contributed by atoms with E-state index in [1.54, 1.807) is 18.5 Å². The lowest BCUT2D eigenvalue weighted by atomic mass is 10.3. The third kappa shape index (κ3) is 3.88. The molecule has 0 atom stereocenters. The molecule has 7 nitrogen and oxygen atoms in total. The molecule has 0 radical (unpaired) electrons. The predicted molar refractivity (Wildman–Crippen MR) is 95.8 cm³/mol. The van der Waals surface area contributed by atoms with Gasteiger partial charge in [0.05, 0.1) is 35.9 Å². The van der Waals surface area contributed by atoms with Crippen LogP contribution in [0.1, 0.15) is 25.2 Å². The van der Waals surface area contributed by atoms with Gasteiger partial charge in [-0.1, -0.05) is 6.07 Å². The van der Waals surface area contributed by atoms with Crippen LogP contribution in [0, 0.1) is 6.92 Å². The highest BCUT2D eigenvalue weighted by molar-refractivity contribution is 5.90.